The van der Waals surface area contributed by atoms with Crippen molar-refractivity contribution < 1.29 is 13.2 Å². The summed E-state index contributed by atoms with van der Waals surface area (Å²) in [5.74, 6) is 0. The van der Waals surface area contributed by atoms with E-state index >= 15 is 0 Å². The van der Waals surface area contributed by atoms with Crippen molar-refractivity contribution in [3.8, 4) is 11.1 Å². The van der Waals surface area contributed by atoms with Gasteiger partial charge in [0.15, 0.2) is 0 Å². The van der Waals surface area contributed by atoms with E-state index in [1.807, 2.05) is 0 Å². The lowest BCUT2D eigenvalue weighted by molar-refractivity contribution is -0.136. The fourth-order valence-electron chi connectivity index (χ4n) is 1.69. The number of rotatable bonds is 1. The Bertz CT molecular complexity index is 624. The van der Waals surface area contributed by atoms with Crippen LogP contribution in [0.15, 0.2) is 36.4 Å². The number of anilines is 1. The highest BCUT2D eigenvalue weighted by Crippen LogP contribution is 2.40. The largest absolute Gasteiger partial charge is 0.418 e. The molecule has 0 saturated carbocycles. The lowest BCUT2D eigenvalue weighted by Crippen LogP contribution is -2.09. The zero-order valence-electron chi connectivity index (χ0n) is 9.43. The van der Waals surface area contributed by atoms with E-state index in [-0.39, 0.29) is 5.02 Å². The van der Waals surface area contributed by atoms with Crippen LogP contribution in [-0.2, 0) is 6.18 Å². The zero-order valence-corrected chi connectivity index (χ0v) is 10.9. The van der Waals surface area contributed by atoms with E-state index in [1.165, 1.54) is 6.07 Å². The van der Waals surface area contributed by atoms with Crippen LogP contribution < -0.4 is 5.73 Å². The van der Waals surface area contributed by atoms with Gasteiger partial charge in [-0.3, -0.25) is 0 Å². The average molecular weight is 306 g/mol. The van der Waals surface area contributed by atoms with Gasteiger partial charge in [-0.1, -0.05) is 35.3 Å². The van der Waals surface area contributed by atoms with Crippen molar-refractivity contribution in [1.82, 2.24) is 0 Å². The lowest BCUT2D eigenvalue weighted by Gasteiger charge is -2.13. The minimum absolute atomic E-state index is 0.134. The molecule has 100 valence electrons. The first kappa shape index (κ1) is 14.0. The Balaban J connectivity index is 2.63. The highest BCUT2D eigenvalue weighted by Gasteiger charge is 2.34. The van der Waals surface area contributed by atoms with Gasteiger partial charge in [0.2, 0.25) is 0 Å². The summed E-state index contributed by atoms with van der Waals surface area (Å²) in [6.45, 7) is 0. The first-order chi connectivity index (χ1) is 8.79. The highest BCUT2D eigenvalue weighted by atomic mass is 35.5. The molecule has 2 aromatic carbocycles. The van der Waals surface area contributed by atoms with Crippen LogP contribution in [0.5, 0.6) is 0 Å². The van der Waals surface area contributed by atoms with Gasteiger partial charge in [-0.25, -0.2) is 0 Å². The standard InChI is InChI=1S/C13H8Cl2F3N/c14-9-3-1-2-7(4-9)8-5-10(13(16,17)18)12(19)11(15)6-8/h1-6H,19H2. The molecule has 6 heteroatoms. The number of hydrogen-bond acceptors (Lipinski definition) is 1. The summed E-state index contributed by atoms with van der Waals surface area (Å²) in [7, 11) is 0. The number of halogens is 5. The summed E-state index contributed by atoms with van der Waals surface area (Å²) in [5, 5.41) is 0.295. The van der Waals surface area contributed by atoms with Gasteiger partial charge in [0.25, 0.3) is 0 Å². The van der Waals surface area contributed by atoms with Crippen molar-refractivity contribution in [2.75, 3.05) is 5.73 Å². The minimum Gasteiger partial charge on any atom is -0.397 e. The Morgan fingerprint density at radius 2 is 1.63 bits per heavy atom. The molecule has 0 unspecified atom stereocenters. The summed E-state index contributed by atoms with van der Waals surface area (Å²) in [4.78, 5) is 0. The second-order valence-electron chi connectivity index (χ2n) is 3.93. The van der Waals surface area contributed by atoms with E-state index in [4.69, 9.17) is 28.9 Å². The number of alkyl halides is 3. The monoisotopic (exact) mass is 305 g/mol. The fraction of sp³-hybridized carbons (Fsp3) is 0.0769. The third-order valence-electron chi connectivity index (χ3n) is 2.59. The molecule has 0 heterocycles. The second-order valence-corrected chi connectivity index (χ2v) is 4.77. The molecular formula is C13H8Cl2F3N. The van der Waals surface area contributed by atoms with Crippen molar-refractivity contribution >= 4 is 28.9 Å². The molecule has 2 aromatic rings. The maximum absolute atomic E-state index is 12.8. The first-order valence-electron chi connectivity index (χ1n) is 5.21. The van der Waals surface area contributed by atoms with Crippen LogP contribution in [0.3, 0.4) is 0 Å². The summed E-state index contributed by atoms with van der Waals surface area (Å²) in [6.07, 6.45) is -4.55. The molecule has 0 amide bonds. The molecule has 0 aliphatic heterocycles. The van der Waals surface area contributed by atoms with Crippen LogP contribution in [0, 0.1) is 0 Å². The van der Waals surface area contributed by atoms with Gasteiger partial charge in [-0.15, -0.1) is 0 Å². The molecule has 2 N–H and O–H groups in total. The number of nitrogens with two attached hydrogens (primary N) is 1. The smallest absolute Gasteiger partial charge is 0.397 e. The quantitative estimate of drug-likeness (QED) is 0.714. The molecule has 0 aromatic heterocycles. The van der Waals surface area contributed by atoms with E-state index in [0.717, 1.165) is 6.07 Å². The molecular weight excluding hydrogens is 298 g/mol. The number of nitrogen functional groups attached to an aromatic ring is 1. The van der Waals surface area contributed by atoms with E-state index in [9.17, 15) is 13.2 Å². The van der Waals surface area contributed by atoms with Crippen molar-refractivity contribution in [3.63, 3.8) is 0 Å². The van der Waals surface area contributed by atoms with E-state index < -0.39 is 17.4 Å². The third kappa shape index (κ3) is 2.96. The van der Waals surface area contributed by atoms with Crippen LogP contribution in [0.1, 0.15) is 5.56 Å². The Hall–Kier alpha value is -1.39. The minimum atomic E-state index is -4.55. The third-order valence-corrected chi connectivity index (χ3v) is 3.14. The van der Waals surface area contributed by atoms with Gasteiger partial charge < -0.3 is 5.73 Å². The predicted octanol–water partition coefficient (Wildman–Crippen LogP) is 5.26. The molecule has 0 radical (unpaired) electrons. The normalized spacial score (nSPS) is 11.6. The van der Waals surface area contributed by atoms with Gasteiger partial charge in [0, 0.05) is 5.02 Å². The van der Waals surface area contributed by atoms with Crippen molar-refractivity contribution in [3.05, 3.63) is 52.0 Å². The SMILES string of the molecule is Nc1c(Cl)cc(-c2cccc(Cl)c2)cc1C(F)(F)F. The van der Waals surface area contributed by atoms with E-state index in [2.05, 4.69) is 0 Å². The maximum Gasteiger partial charge on any atom is 0.418 e. The van der Waals surface area contributed by atoms with Crippen molar-refractivity contribution in [2.24, 2.45) is 0 Å². The van der Waals surface area contributed by atoms with Crippen LogP contribution in [-0.4, -0.2) is 0 Å². The van der Waals surface area contributed by atoms with Gasteiger partial charge in [0.1, 0.15) is 0 Å². The summed E-state index contributed by atoms with van der Waals surface area (Å²) in [5.41, 5.74) is 4.80. The van der Waals surface area contributed by atoms with E-state index in [1.54, 1.807) is 24.3 Å². The molecule has 0 bridgehead atoms. The first-order valence-corrected chi connectivity index (χ1v) is 5.97. The molecule has 0 spiro atoms. The topological polar surface area (TPSA) is 26.0 Å². The van der Waals surface area contributed by atoms with Gasteiger partial charge in [-0.05, 0) is 35.4 Å². The van der Waals surface area contributed by atoms with Crippen molar-refractivity contribution in [1.29, 1.82) is 0 Å². The number of benzene rings is 2. The fourth-order valence-corrected chi connectivity index (χ4v) is 2.10. The van der Waals surface area contributed by atoms with Crippen LogP contribution in [0.4, 0.5) is 18.9 Å². The maximum atomic E-state index is 12.8. The van der Waals surface area contributed by atoms with E-state index in [0.29, 0.717) is 16.1 Å². The van der Waals surface area contributed by atoms with Gasteiger partial charge in [0.05, 0.1) is 16.3 Å². The van der Waals surface area contributed by atoms with Crippen LogP contribution >= 0.6 is 23.2 Å². The second kappa shape index (κ2) is 4.94. The summed E-state index contributed by atoms with van der Waals surface area (Å²) >= 11 is 11.6. The Labute approximate surface area is 117 Å². The Morgan fingerprint density at radius 1 is 0.947 bits per heavy atom. The zero-order chi connectivity index (χ0) is 14.2. The van der Waals surface area contributed by atoms with Gasteiger partial charge in [-0.2, -0.15) is 13.2 Å². The molecule has 0 aliphatic carbocycles. The molecule has 0 saturated heterocycles. The lowest BCUT2D eigenvalue weighted by atomic mass is 10.0. The molecule has 0 atom stereocenters. The molecule has 1 nitrogen and oxygen atoms in total. The predicted molar refractivity (Wildman–Crippen MR) is 71.3 cm³/mol. The Kier molecular flexibility index (Phi) is 3.65. The Morgan fingerprint density at radius 3 is 2.21 bits per heavy atom. The van der Waals surface area contributed by atoms with Crippen LogP contribution in [0.2, 0.25) is 10.0 Å². The van der Waals surface area contributed by atoms with Crippen molar-refractivity contribution in [2.45, 2.75) is 6.18 Å². The molecule has 2 rings (SSSR count). The summed E-state index contributed by atoms with van der Waals surface area (Å²) in [6, 6.07) is 8.84. The summed E-state index contributed by atoms with van der Waals surface area (Å²) < 4.78 is 38.5. The molecule has 19 heavy (non-hydrogen) atoms. The highest BCUT2D eigenvalue weighted by molar-refractivity contribution is 6.33. The number of hydrogen-bond donors (Lipinski definition) is 1. The van der Waals surface area contributed by atoms with Crippen LogP contribution in [0.25, 0.3) is 11.1 Å². The van der Waals surface area contributed by atoms with Gasteiger partial charge >= 0.3 is 6.18 Å². The average Bonchev–Trinajstić information content (AvgIpc) is 2.31. The molecule has 0 aliphatic rings. The molecule has 0 fully saturated rings.